The Hall–Kier alpha value is -4.17. The number of nitrogens with one attached hydrogen (secondary N) is 1. The number of aryl methyl sites for hydroxylation is 2. The maximum Gasteiger partial charge on any atom is 0.410 e. The number of aliphatic hydroxyl groups is 1. The van der Waals surface area contributed by atoms with Gasteiger partial charge in [-0.1, -0.05) is 97.8 Å². The minimum atomic E-state index is -0.937. The Kier molecular flexibility index (Phi) is 12.4. The Morgan fingerprint density at radius 2 is 1.49 bits per heavy atom. The van der Waals surface area contributed by atoms with Crippen molar-refractivity contribution in [1.29, 1.82) is 0 Å². The van der Waals surface area contributed by atoms with Gasteiger partial charge in [0.15, 0.2) is 0 Å². The van der Waals surface area contributed by atoms with Crippen LogP contribution in [0.4, 0.5) is 4.79 Å². The lowest BCUT2D eigenvalue weighted by molar-refractivity contribution is -0.148. The minimum Gasteiger partial charge on any atom is -0.460 e. The molecule has 3 aromatic carbocycles. The molecule has 0 aliphatic rings. The quantitative estimate of drug-likeness (QED) is 0.207. The molecule has 0 aliphatic carbocycles. The normalized spacial score (nSPS) is 12.2. The number of hydrogen-bond donors (Lipinski definition) is 2. The van der Waals surface area contributed by atoms with Crippen LogP contribution in [0.1, 0.15) is 54.0 Å². The number of benzene rings is 3. The summed E-state index contributed by atoms with van der Waals surface area (Å²) in [5.74, 6) is -1.27. The Balaban J connectivity index is 1.71. The molecule has 2 unspecified atom stereocenters. The van der Waals surface area contributed by atoms with Gasteiger partial charge < -0.3 is 24.8 Å². The second-order valence-corrected chi connectivity index (χ2v) is 10.2. The van der Waals surface area contributed by atoms with Crippen molar-refractivity contribution in [3.05, 3.63) is 107 Å². The molecular formula is C33H40N2O6. The molecule has 0 saturated heterocycles. The third kappa shape index (κ3) is 10.7. The molecule has 41 heavy (non-hydrogen) atoms. The van der Waals surface area contributed by atoms with Crippen LogP contribution in [0.3, 0.4) is 0 Å². The van der Waals surface area contributed by atoms with E-state index in [1.807, 2.05) is 99.6 Å². The summed E-state index contributed by atoms with van der Waals surface area (Å²) in [5.41, 5.74) is 4.70. The molecule has 0 saturated carbocycles. The van der Waals surface area contributed by atoms with Gasteiger partial charge in [-0.05, 0) is 42.5 Å². The molecule has 0 heterocycles. The zero-order valence-corrected chi connectivity index (χ0v) is 24.0. The molecule has 0 bridgehead atoms. The van der Waals surface area contributed by atoms with Crippen molar-refractivity contribution in [3.63, 3.8) is 0 Å². The monoisotopic (exact) mass is 560 g/mol. The van der Waals surface area contributed by atoms with Crippen LogP contribution in [0.15, 0.2) is 78.9 Å². The number of ether oxygens (including phenoxy) is 2. The van der Waals surface area contributed by atoms with Crippen molar-refractivity contribution in [2.45, 2.75) is 71.9 Å². The molecule has 2 amide bonds. The number of esters is 1. The Morgan fingerprint density at radius 1 is 0.878 bits per heavy atom. The number of aliphatic hydroxyl groups excluding tert-OH is 1. The van der Waals surface area contributed by atoms with E-state index >= 15 is 0 Å². The summed E-state index contributed by atoms with van der Waals surface area (Å²) in [6, 6.07) is 23.7. The highest BCUT2D eigenvalue weighted by Crippen LogP contribution is 2.16. The molecule has 0 fully saturated rings. The summed E-state index contributed by atoms with van der Waals surface area (Å²) in [7, 11) is 0. The number of carbonyl (C=O) groups is 3. The molecule has 2 atom stereocenters. The zero-order chi connectivity index (χ0) is 29.6. The van der Waals surface area contributed by atoms with Crippen molar-refractivity contribution in [1.82, 2.24) is 10.2 Å². The van der Waals surface area contributed by atoms with E-state index in [-0.39, 0.29) is 26.3 Å². The SMILES string of the molecule is CCCC(O)C(CN(Cc1ccc(C)cc1C)C(=O)OCc1ccccc1)NC(=O)CC(=O)OCc1ccccc1. The van der Waals surface area contributed by atoms with Gasteiger partial charge >= 0.3 is 12.1 Å². The van der Waals surface area contributed by atoms with Crippen molar-refractivity contribution in [2.24, 2.45) is 0 Å². The average molecular weight is 561 g/mol. The number of carbonyl (C=O) groups excluding carboxylic acids is 3. The van der Waals surface area contributed by atoms with Crippen LogP contribution >= 0.6 is 0 Å². The summed E-state index contributed by atoms with van der Waals surface area (Å²) < 4.78 is 10.9. The van der Waals surface area contributed by atoms with Gasteiger partial charge in [0.25, 0.3) is 0 Å². The lowest BCUT2D eigenvalue weighted by Gasteiger charge is -2.31. The molecular weight excluding hydrogens is 520 g/mol. The van der Waals surface area contributed by atoms with Gasteiger partial charge in [-0.25, -0.2) is 4.79 Å². The first kappa shape index (κ1) is 31.4. The van der Waals surface area contributed by atoms with E-state index in [1.54, 1.807) is 0 Å². The van der Waals surface area contributed by atoms with E-state index in [1.165, 1.54) is 4.90 Å². The number of amides is 2. The van der Waals surface area contributed by atoms with Crippen LogP contribution in [0.5, 0.6) is 0 Å². The summed E-state index contributed by atoms with van der Waals surface area (Å²) in [6.07, 6.45) is -0.938. The fourth-order valence-corrected chi connectivity index (χ4v) is 4.42. The van der Waals surface area contributed by atoms with Crippen LogP contribution in [0.25, 0.3) is 0 Å². The Labute approximate surface area is 242 Å². The van der Waals surface area contributed by atoms with E-state index in [0.717, 1.165) is 27.8 Å². The average Bonchev–Trinajstić information content (AvgIpc) is 2.96. The van der Waals surface area contributed by atoms with Gasteiger partial charge in [-0.15, -0.1) is 0 Å². The third-order valence-electron chi connectivity index (χ3n) is 6.68. The summed E-state index contributed by atoms with van der Waals surface area (Å²) in [5, 5.41) is 13.7. The van der Waals surface area contributed by atoms with Gasteiger partial charge in [0, 0.05) is 13.1 Å². The predicted molar refractivity (Wildman–Crippen MR) is 157 cm³/mol. The lowest BCUT2D eigenvalue weighted by Crippen LogP contribution is -2.52. The largest absolute Gasteiger partial charge is 0.460 e. The topological polar surface area (TPSA) is 105 Å². The number of nitrogens with zero attached hydrogens (tertiary/aromatic N) is 1. The molecule has 2 N–H and O–H groups in total. The molecule has 0 radical (unpaired) electrons. The lowest BCUT2D eigenvalue weighted by atomic mass is 10.0. The smallest absolute Gasteiger partial charge is 0.410 e. The van der Waals surface area contributed by atoms with Crippen molar-refractivity contribution in [2.75, 3.05) is 6.54 Å². The van der Waals surface area contributed by atoms with Crippen LogP contribution < -0.4 is 5.32 Å². The second-order valence-electron chi connectivity index (χ2n) is 10.2. The van der Waals surface area contributed by atoms with E-state index in [2.05, 4.69) is 5.32 Å². The van der Waals surface area contributed by atoms with Gasteiger partial charge in [0.1, 0.15) is 19.6 Å². The molecule has 0 aliphatic heterocycles. The Morgan fingerprint density at radius 3 is 2.07 bits per heavy atom. The van der Waals surface area contributed by atoms with Crippen molar-refractivity contribution >= 4 is 18.0 Å². The number of rotatable bonds is 14. The van der Waals surface area contributed by atoms with Crippen LogP contribution in [-0.2, 0) is 38.8 Å². The van der Waals surface area contributed by atoms with E-state index < -0.39 is 36.5 Å². The van der Waals surface area contributed by atoms with Gasteiger partial charge in [-0.2, -0.15) is 0 Å². The molecule has 3 rings (SSSR count). The standard InChI is InChI=1S/C33H40N2O6/c1-4-11-30(36)29(34-31(37)19-32(38)40-22-26-12-7-5-8-13-26)21-35(20-28-17-16-24(2)18-25(28)3)33(39)41-23-27-14-9-6-10-15-27/h5-10,12-18,29-30,36H,4,11,19-23H2,1-3H3,(H,34,37). The molecule has 218 valence electrons. The molecule has 3 aromatic rings. The number of hydrogen-bond acceptors (Lipinski definition) is 6. The van der Waals surface area contributed by atoms with Gasteiger partial charge in [-0.3, -0.25) is 9.59 Å². The van der Waals surface area contributed by atoms with E-state index in [9.17, 15) is 19.5 Å². The molecule has 8 heteroatoms. The fraction of sp³-hybridized carbons (Fsp3) is 0.364. The zero-order valence-electron chi connectivity index (χ0n) is 24.0. The first-order valence-electron chi connectivity index (χ1n) is 13.9. The van der Waals surface area contributed by atoms with Crippen LogP contribution in [0.2, 0.25) is 0 Å². The molecule has 0 spiro atoms. The van der Waals surface area contributed by atoms with E-state index in [0.29, 0.717) is 12.8 Å². The predicted octanol–water partition coefficient (Wildman–Crippen LogP) is 5.22. The summed E-state index contributed by atoms with van der Waals surface area (Å²) >= 11 is 0. The fourth-order valence-electron chi connectivity index (χ4n) is 4.42. The first-order chi connectivity index (χ1) is 19.7. The first-order valence-corrected chi connectivity index (χ1v) is 13.9. The maximum atomic E-state index is 13.3. The highest BCUT2D eigenvalue weighted by atomic mass is 16.6. The second kappa shape index (κ2) is 16.2. The summed E-state index contributed by atoms with van der Waals surface area (Å²) in [4.78, 5) is 40.0. The summed E-state index contributed by atoms with van der Waals surface area (Å²) in [6.45, 7) is 6.26. The highest BCUT2D eigenvalue weighted by molar-refractivity contribution is 5.94. The highest BCUT2D eigenvalue weighted by Gasteiger charge is 2.28. The van der Waals surface area contributed by atoms with Crippen molar-refractivity contribution in [3.8, 4) is 0 Å². The minimum absolute atomic E-state index is 0.00703. The third-order valence-corrected chi connectivity index (χ3v) is 6.68. The Bertz CT molecular complexity index is 1270. The van der Waals surface area contributed by atoms with Crippen molar-refractivity contribution < 1.29 is 29.0 Å². The van der Waals surface area contributed by atoms with Crippen LogP contribution in [-0.4, -0.2) is 46.7 Å². The van der Waals surface area contributed by atoms with Gasteiger partial charge in [0.05, 0.1) is 12.1 Å². The molecule has 8 nitrogen and oxygen atoms in total. The van der Waals surface area contributed by atoms with Gasteiger partial charge in [0.2, 0.25) is 5.91 Å². The van der Waals surface area contributed by atoms with E-state index in [4.69, 9.17) is 9.47 Å². The maximum absolute atomic E-state index is 13.3. The van der Waals surface area contributed by atoms with Crippen LogP contribution in [0, 0.1) is 13.8 Å². The molecule has 0 aromatic heterocycles.